The number of carbonyl (C=O) groups is 1. The van der Waals surface area contributed by atoms with Gasteiger partial charge in [0.2, 0.25) is 0 Å². The van der Waals surface area contributed by atoms with E-state index in [2.05, 4.69) is 0 Å². The number of β-amino-alcohol motifs (C(OH)–C–C–N with tert-alkyl or cyclic N) is 1. The first-order chi connectivity index (χ1) is 6.35. The second-order valence-electron chi connectivity index (χ2n) is 4.26. The molecule has 0 aromatic rings. The number of aliphatic hydroxyl groups excluding tert-OH is 2. The second kappa shape index (κ2) is 3.84. The Morgan fingerprint density at radius 2 is 2.21 bits per heavy atom. The van der Waals surface area contributed by atoms with Crippen molar-refractivity contribution in [1.29, 1.82) is 0 Å². The van der Waals surface area contributed by atoms with Crippen molar-refractivity contribution in [2.24, 2.45) is 0 Å². The molecule has 2 atom stereocenters. The quantitative estimate of drug-likeness (QED) is 0.564. The van der Waals surface area contributed by atoms with Crippen molar-refractivity contribution in [1.82, 2.24) is 4.90 Å². The number of carboxylic acid groups (broad SMARTS) is 1. The molecule has 1 rings (SSSR count). The number of carboxylic acids is 1. The van der Waals surface area contributed by atoms with E-state index in [1.165, 1.54) is 0 Å². The molecule has 1 heterocycles. The molecule has 5 heteroatoms. The summed E-state index contributed by atoms with van der Waals surface area (Å²) in [4.78, 5) is 12.2. The maximum absolute atomic E-state index is 10.4. The van der Waals surface area contributed by atoms with Gasteiger partial charge in [-0.2, -0.15) is 0 Å². The Balaban J connectivity index is 2.58. The maximum Gasteiger partial charge on any atom is 0.333 e. The Morgan fingerprint density at radius 1 is 1.64 bits per heavy atom. The van der Waals surface area contributed by atoms with Crippen molar-refractivity contribution in [2.45, 2.75) is 38.0 Å². The van der Waals surface area contributed by atoms with Gasteiger partial charge in [-0.05, 0) is 20.3 Å². The molecule has 14 heavy (non-hydrogen) atoms. The molecule has 1 saturated heterocycles. The molecular weight excluding hydrogens is 186 g/mol. The summed E-state index contributed by atoms with van der Waals surface area (Å²) in [6.07, 6.45) is -1.21. The Labute approximate surface area is 83.0 Å². The number of aliphatic carboxylic acids is 1. The fourth-order valence-corrected chi connectivity index (χ4v) is 1.74. The molecule has 0 radical (unpaired) electrons. The van der Waals surface area contributed by atoms with Crippen molar-refractivity contribution >= 4 is 5.97 Å². The molecule has 0 saturated carbocycles. The van der Waals surface area contributed by atoms with Gasteiger partial charge in [-0.3, -0.25) is 4.90 Å². The van der Waals surface area contributed by atoms with Crippen LogP contribution in [0.25, 0.3) is 0 Å². The van der Waals surface area contributed by atoms with Crippen LogP contribution in [-0.2, 0) is 4.79 Å². The van der Waals surface area contributed by atoms with Gasteiger partial charge < -0.3 is 15.3 Å². The van der Waals surface area contributed by atoms with E-state index in [1.54, 1.807) is 4.90 Å². The summed E-state index contributed by atoms with van der Waals surface area (Å²) in [5.74, 6) is -1.22. The smallest absolute Gasteiger partial charge is 0.333 e. The molecule has 0 aromatic heterocycles. The Morgan fingerprint density at radius 3 is 2.57 bits per heavy atom. The van der Waals surface area contributed by atoms with Gasteiger partial charge in [0.25, 0.3) is 0 Å². The van der Waals surface area contributed by atoms with Gasteiger partial charge >= 0.3 is 5.97 Å². The molecule has 1 aliphatic heterocycles. The Kier molecular flexibility index (Phi) is 3.14. The van der Waals surface area contributed by atoms with E-state index in [1.807, 2.05) is 13.8 Å². The van der Waals surface area contributed by atoms with Crippen molar-refractivity contribution in [3.05, 3.63) is 0 Å². The van der Waals surface area contributed by atoms with E-state index >= 15 is 0 Å². The topological polar surface area (TPSA) is 81.0 Å². The molecule has 1 fully saturated rings. The molecule has 0 bridgehead atoms. The van der Waals surface area contributed by atoms with E-state index in [-0.39, 0.29) is 6.54 Å². The van der Waals surface area contributed by atoms with E-state index in [0.29, 0.717) is 13.0 Å². The zero-order chi connectivity index (χ0) is 10.9. The normalized spacial score (nSPS) is 29.0. The Hall–Kier alpha value is -0.650. The second-order valence-corrected chi connectivity index (χ2v) is 4.26. The monoisotopic (exact) mass is 203 g/mol. The van der Waals surface area contributed by atoms with Crippen molar-refractivity contribution in [3.8, 4) is 0 Å². The number of likely N-dealkylation sites (tertiary alicyclic amines) is 1. The Bertz CT molecular complexity index is 229. The van der Waals surface area contributed by atoms with Crippen LogP contribution in [0, 0.1) is 0 Å². The maximum atomic E-state index is 10.4. The van der Waals surface area contributed by atoms with Gasteiger partial charge in [-0.15, -0.1) is 0 Å². The highest BCUT2D eigenvalue weighted by Gasteiger charge is 2.41. The average Bonchev–Trinajstić information content (AvgIpc) is 2.31. The number of aliphatic hydroxyl groups is 2. The summed E-state index contributed by atoms with van der Waals surface area (Å²) >= 11 is 0. The zero-order valence-corrected chi connectivity index (χ0v) is 8.47. The molecule has 82 valence electrons. The van der Waals surface area contributed by atoms with E-state index in [4.69, 9.17) is 5.11 Å². The van der Waals surface area contributed by atoms with Crippen LogP contribution in [0.1, 0.15) is 20.3 Å². The van der Waals surface area contributed by atoms with E-state index in [9.17, 15) is 15.0 Å². The molecule has 3 N–H and O–H groups in total. The molecule has 0 aromatic carbocycles. The molecule has 0 amide bonds. The first-order valence-corrected chi connectivity index (χ1v) is 4.69. The third kappa shape index (κ3) is 2.05. The third-order valence-electron chi connectivity index (χ3n) is 2.98. The fraction of sp³-hybridized carbons (Fsp3) is 0.889. The summed E-state index contributed by atoms with van der Waals surface area (Å²) in [7, 11) is 0. The zero-order valence-electron chi connectivity index (χ0n) is 8.47. The molecular formula is C9H17NO4. The molecule has 2 unspecified atom stereocenters. The van der Waals surface area contributed by atoms with Gasteiger partial charge in [0, 0.05) is 18.6 Å². The lowest BCUT2D eigenvalue weighted by Gasteiger charge is -2.34. The standard InChI is InChI=1S/C9H17NO4/c1-9(2)7(12)3-4-10(9)5-6(11)8(13)14/h6-7,11-12H,3-5H2,1-2H3,(H,13,14). The van der Waals surface area contributed by atoms with Crippen molar-refractivity contribution in [3.63, 3.8) is 0 Å². The van der Waals surface area contributed by atoms with Gasteiger partial charge in [-0.25, -0.2) is 4.79 Å². The van der Waals surface area contributed by atoms with Crippen LogP contribution in [0.3, 0.4) is 0 Å². The summed E-state index contributed by atoms with van der Waals surface area (Å²) in [5.41, 5.74) is -0.448. The highest BCUT2D eigenvalue weighted by atomic mass is 16.4. The summed E-state index contributed by atoms with van der Waals surface area (Å²) in [6.45, 7) is 4.39. The highest BCUT2D eigenvalue weighted by molar-refractivity contribution is 5.72. The lowest BCUT2D eigenvalue weighted by atomic mass is 9.98. The van der Waals surface area contributed by atoms with Crippen LogP contribution in [-0.4, -0.2) is 57.0 Å². The minimum atomic E-state index is -1.38. The number of hydrogen-bond acceptors (Lipinski definition) is 4. The summed E-state index contributed by atoms with van der Waals surface area (Å²) in [5, 5.41) is 27.3. The number of hydrogen-bond donors (Lipinski definition) is 3. The fourth-order valence-electron chi connectivity index (χ4n) is 1.74. The van der Waals surface area contributed by atoms with Gasteiger partial charge in [0.15, 0.2) is 6.10 Å². The van der Waals surface area contributed by atoms with Crippen LogP contribution in [0.15, 0.2) is 0 Å². The van der Waals surface area contributed by atoms with Crippen LogP contribution in [0.2, 0.25) is 0 Å². The molecule has 1 aliphatic rings. The first-order valence-electron chi connectivity index (χ1n) is 4.69. The lowest BCUT2D eigenvalue weighted by Crippen LogP contribution is -2.49. The lowest BCUT2D eigenvalue weighted by molar-refractivity contribution is -0.148. The highest BCUT2D eigenvalue weighted by Crippen LogP contribution is 2.28. The molecule has 0 aliphatic carbocycles. The number of nitrogens with zero attached hydrogens (tertiary/aromatic N) is 1. The first kappa shape index (κ1) is 11.4. The molecule has 0 spiro atoms. The van der Waals surface area contributed by atoms with Crippen LogP contribution >= 0.6 is 0 Å². The van der Waals surface area contributed by atoms with Crippen LogP contribution in [0.5, 0.6) is 0 Å². The summed E-state index contributed by atoms with van der Waals surface area (Å²) in [6, 6.07) is 0. The minimum Gasteiger partial charge on any atom is -0.479 e. The van der Waals surface area contributed by atoms with Gasteiger partial charge in [0.1, 0.15) is 0 Å². The van der Waals surface area contributed by atoms with Crippen molar-refractivity contribution in [2.75, 3.05) is 13.1 Å². The summed E-state index contributed by atoms with van der Waals surface area (Å²) < 4.78 is 0. The largest absolute Gasteiger partial charge is 0.479 e. The van der Waals surface area contributed by atoms with Crippen molar-refractivity contribution < 1.29 is 20.1 Å². The SMILES string of the molecule is CC1(C)C(O)CCN1CC(O)C(=O)O. The third-order valence-corrected chi connectivity index (χ3v) is 2.98. The predicted molar refractivity (Wildman–Crippen MR) is 49.9 cm³/mol. The van der Waals surface area contributed by atoms with Gasteiger partial charge in [0.05, 0.1) is 6.10 Å². The number of rotatable bonds is 3. The van der Waals surface area contributed by atoms with Crippen LogP contribution in [0.4, 0.5) is 0 Å². The van der Waals surface area contributed by atoms with Gasteiger partial charge in [-0.1, -0.05) is 0 Å². The predicted octanol–water partition coefficient (Wildman–Crippen LogP) is -0.723. The average molecular weight is 203 g/mol. The minimum absolute atomic E-state index is 0.0688. The van der Waals surface area contributed by atoms with Crippen LogP contribution < -0.4 is 0 Å². The molecule has 5 nitrogen and oxygen atoms in total. The van der Waals surface area contributed by atoms with E-state index in [0.717, 1.165) is 0 Å². The van der Waals surface area contributed by atoms with E-state index < -0.39 is 23.7 Å².